The van der Waals surface area contributed by atoms with Gasteiger partial charge in [0.05, 0.1) is 11.1 Å². The smallest absolute Gasteiger partial charge is 0.261 e. The van der Waals surface area contributed by atoms with Gasteiger partial charge < -0.3 is 9.88 Å². The number of hydrogen-bond donors (Lipinski definition) is 1. The molecule has 0 aliphatic carbocycles. The van der Waals surface area contributed by atoms with Crippen LogP contribution in [0.25, 0.3) is 11.0 Å². The van der Waals surface area contributed by atoms with Crippen LogP contribution in [0.4, 0.5) is 0 Å². The molecule has 0 unspecified atom stereocenters. The van der Waals surface area contributed by atoms with Gasteiger partial charge in [0.2, 0.25) is 5.91 Å². The number of nitrogens with zero attached hydrogens (tertiary/aromatic N) is 3. The third-order valence-electron chi connectivity index (χ3n) is 4.53. The molecule has 6 nitrogen and oxygen atoms in total. The predicted octanol–water partition coefficient (Wildman–Crippen LogP) is 2.53. The average molecular weight is 360 g/mol. The van der Waals surface area contributed by atoms with Crippen molar-refractivity contribution in [3.8, 4) is 0 Å². The van der Waals surface area contributed by atoms with E-state index in [1.165, 1.54) is 18.2 Å². The quantitative estimate of drug-likeness (QED) is 0.672. The molecule has 0 saturated carbocycles. The summed E-state index contributed by atoms with van der Waals surface area (Å²) in [6.07, 6.45) is 1.17. The second-order valence-corrected chi connectivity index (χ2v) is 8.15. The van der Waals surface area contributed by atoms with E-state index in [4.69, 9.17) is 0 Å². The number of thioether (sulfide) groups is 1. The molecule has 1 aliphatic rings. The van der Waals surface area contributed by atoms with E-state index in [1.54, 1.807) is 0 Å². The van der Waals surface area contributed by atoms with Crippen molar-refractivity contribution in [1.29, 1.82) is 0 Å². The van der Waals surface area contributed by atoms with Crippen LogP contribution < -0.4 is 5.56 Å². The fraction of sp³-hybridized carbons (Fsp3) is 0.556. The Morgan fingerprint density at radius 1 is 1.28 bits per heavy atom. The van der Waals surface area contributed by atoms with E-state index in [2.05, 4.69) is 28.8 Å². The normalized spacial score (nSPS) is 20.9. The molecule has 1 N–H and O–H groups in total. The van der Waals surface area contributed by atoms with Gasteiger partial charge in [-0.25, -0.2) is 9.97 Å². The van der Waals surface area contributed by atoms with Gasteiger partial charge in [-0.3, -0.25) is 9.59 Å². The van der Waals surface area contributed by atoms with E-state index in [0.29, 0.717) is 28.0 Å². The maximum Gasteiger partial charge on any atom is 0.261 e. The summed E-state index contributed by atoms with van der Waals surface area (Å²) < 4.78 is 0. The maximum atomic E-state index is 12.5. The molecule has 3 rings (SSSR count). The van der Waals surface area contributed by atoms with E-state index in [1.807, 2.05) is 24.8 Å². The van der Waals surface area contributed by atoms with Crippen LogP contribution in [0.5, 0.6) is 0 Å². The maximum absolute atomic E-state index is 12.5. The van der Waals surface area contributed by atoms with E-state index >= 15 is 0 Å². The van der Waals surface area contributed by atoms with Gasteiger partial charge in [0.1, 0.15) is 0 Å². The second kappa shape index (κ2) is 7.15. The second-order valence-electron chi connectivity index (χ2n) is 7.18. The summed E-state index contributed by atoms with van der Waals surface area (Å²) in [5.41, 5.74) is 1.92. The average Bonchev–Trinajstić information content (AvgIpc) is 2.50. The number of nitrogens with one attached hydrogen (secondary N) is 1. The lowest BCUT2D eigenvalue weighted by atomic mass is 9.92. The molecule has 0 aromatic carbocycles. The molecule has 2 atom stereocenters. The molecular formula is C18H24N4O2S. The van der Waals surface area contributed by atoms with Gasteiger partial charge in [0.25, 0.3) is 5.56 Å². The number of fused-ring (bicyclic) bond motifs is 1. The van der Waals surface area contributed by atoms with E-state index < -0.39 is 0 Å². The number of pyridine rings is 1. The summed E-state index contributed by atoms with van der Waals surface area (Å²) in [6, 6.07) is 1.87. The summed E-state index contributed by atoms with van der Waals surface area (Å²) in [7, 11) is 0. The van der Waals surface area contributed by atoms with Gasteiger partial charge in [-0.15, -0.1) is 0 Å². The van der Waals surface area contributed by atoms with Crippen LogP contribution in [0.2, 0.25) is 0 Å². The fourth-order valence-corrected chi connectivity index (χ4v) is 4.38. The van der Waals surface area contributed by atoms with Crippen molar-refractivity contribution in [1.82, 2.24) is 19.9 Å². The summed E-state index contributed by atoms with van der Waals surface area (Å²) in [6.45, 7) is 9.74. The van der Waals surface area contributed by atoms with Gasteiger partial charge in [-0.1, -0.05) is 25.6 Å². The molecule has 1 saturated heterocycles. The number of aryl methyl sites for hydroxylation is 2. The molecule has 2 aromatic rings. The van der Waals surface area contributed by atoms with Crippen molar-refractivity contribution in [3.63, 3.8) is 0 Å². The standard InChI is InChI=1S/C18H24N4O2S/c1-10-5-11(2)8-22(7-10)14(23)9-25-18-20-16-15(17(24)21-18)12(3)6-13(4)19-16/h6,10-11H,5,7-9H2,1-4H3,(H,19,20,21,24)/t10-,11-/m1/s1. The van der Waals surface area contributed by atoms with E-state index in [0.717, 1.165) is 24.3 Å². The van der Waals surface area contributed by atoms with Gasteiger partial charge in [-0.05, 0) is 43.7 Å². The molecule has 0 radical (unpaired) electrons. The Bertz CT molecular complexity index is 854. The number of likely N-dealkylation sites (tertiary alicyclic amines) is 1. The molecule has 1 amide bonds. The SMILES string of the molecule is Cc1cc(C)c2c(=O)[nH]c(SCC(=O)N3C[C@H](C)C[C@@H](C)C3)nc2n1. The first-order valence-corrected chi connectivity index (χ1v) is 9.61. The van der Waals surface area contributed by atoms with Crippen LogP contribution in [0.3, 0.4) is 0 Å². The third kappa shape index (κ3) is 4.03. The molecule has 3 heterocycles. The van der Waals surface area contributed by atoms with E-state index in [-0.39, 0.29) is 17.2 Å². The number of hydrogen-bond acceptors (Lipinski definition) is 5. The molecule has 134 valence electrons. The predicted molar refractivity (Wildman–Crippen MR) is 99.9 cm³/mol. The Morgan fingerprint density at radius 2 is 1.96 bits per heavy atom. The number of amides is 1. The Kier molecular flexibility index (Phi) is 5.13. The molecule has 0 bridgehead atoms. The van der Waals surface area contributed by atoms with Crippen LogP contribution in [0.15, 0.2) is 16.0 Å². The number of carbonyl (C=O) groups is 1. The van der Waals surface area contributed by atoms with Crippen LogP contribution in [0, 0.1) is 25.7 Å². The largest absolute Gasteiger partial charge is 0.341 e. The first kappa shape index (κ1) is 17.9. The van der Waals surface area contributed by atoms with Crippen LogP contribution in [-0.4, -0.2) is 44.6 Å². The zero-order valence-corrected chi connectivity index (χ0v) is 15.9. The molecule has 2 aromatic heterocycles. The number of rotatable bonds is 3. The first-order chi connectivity index (χ1) is 11.8. The lowest BCUT2D eigenvalue weighted by Gasteiger charge is -2.34. The van der Waals surface area contributed by atoms with Crippen molar-refractivity contribution in [2.24, 2.45) is 11.8 Å². The summed E-state index contributed by atoms with van der Waals surface area (Å²) in [5, 5.41) is 0.960. The molecule has 0 spiro atoms. The monoisotopic (exact) mass is 360 g/mol. The minimum absolute atomic E-state index is 0.0968. The lowest BCUT2D eigenvalue weighted by molar-refractivity contribution is -0.130. The Morgan fingerprint density at radius 3 is 2.64 bits per heavy atom. The minimum Gasteiger partial charge on any atom is -0.341 e. The van der Waals surface area contributed by atoms with Gasteiger partial charge >= 0.3 is 0 Å². The zero-order valence-electron chi connectivity index (χ0n) is 15.1. The highest BCUT2D eigenvalue weighted by Gasteiger charge is 2.25. The van der Waals surface area contributed by atoms with Crippen molar-refractivity contribution in [2.45, 2.75) is 39.3 Å². The number of H-pyrrole nitrogens is 1. The van der Waals surface area contributed by atoms with Crippen molar-refractivity contribution >= 4 is 28.7 Å². The van der Waals surface area contributed by atoms with E-state index in [9.17, 15) is 9.59 Å². The third-order valence-corrected chi connectivity index (χ3v) is 5.39. The van der Waals surface area contributed by atoms with Gasteiger partial charge in [-0.2, -0.15) is 0 Å². The highest BCUT2D eigenvalue weighted by molar-refractivity contribution is 7.99. The van der Waals surface area contributed by atoms with Crippen LogP contribution >= 0.6 is 11.8 Å². The van der Waals surface area contributed by atoms with Crippen molar-refractivity contribution < 1.29 is 4.79 Å². The number of aromatic nitrogens is 3. The van der Waals surface area contributed by atoms with Crippen LogP contribution in [0.1, 0.15) is 31.5 Å². The Labute approximate surface area is 151 Å². The summed E-state index contributed by atoms with van der Waals surface area (Å²) in [5.74, 6) is 1.44. The van der Waals surface area contributed by atoms with Crippen LogP contribution in [-0.2, 0) is 4.79 Å². The number of aromatic amines is 1. The Hall–Kier alpha value is -1.89. The highest BCUT2D eigenvalue weighted by atomic mass is 32.2. The minimum atomic E-state index is -0.204. The highest BCUT2D eigenvalue weighted by Crippen LogP contribution is 2.23. The Balaban J connectivity index is 1.75. The topological polar surface area (TPSA) is 79.0 Å². The molecular weight excluding hydrogens is 336 g/mol. The molecule has 7 heteroatoms. The molecule has 25 heavy (non-hydrogen) atoms. The summed E-state index contributed by atoms with van der Waals surface area (Å²) >= 11 is 1.27. The number of carbonyl (C=O) groups excluding carboxylic acids is 1. The molecule has 1 aliphatic heterocycles. The first-order valence-electron chi connectivity index (χ1n) is 8.62. The number of piperidine rings is 1. The fourth-order valence-electron chi connectivity index (χ4n) is 3.62. The van der Waals surface area contributed by atoms with Crippen molar-refractivity contribution in [3.05, 3.63) is 27.7 Å². The summed E-state index contributed by atoms with van der Waals surface area (Å²) in [4.78, 5) is 38.3. The lowest BCUT2D eigenvalue weighted by Crippen LogP contribution is -2.43. The van der Waals surface area contributed by atoms with Gasteiger partial charge in [0, 0.05) is 18.8 Å². The van der Waals surface area contributed by atoms with Gasteiger partial charge in [0.15, 0.2) is 10.8 Å². The zero-order chi connectivity index (χ0) is 18.1. The molecule has 1 fully saturated rings. The van der Waals surface area contributed by atoms with Crippen molar-refractivity contribution in [2.75, 3.05) is 18.8 Å².